The van der Waals surface area contributed by atoms with Gasteiger partial charge in [0.25, 0.3) is 5.56 Å². The molecule has 114 valence electrons. The molecule has 0 fully saturated rings. The standard InChI is InChI=1S/C17H16ClNO2S/c1-3-4-7-19-10(2)22-16(17(19)21)15-13-9-12(18)6-5-11(13)8-14(15)20/h5-6,9H,2-4,7-8H2,1H3/b16-15-. The monoisotopic (exact) mass is 333 g/mol. The van der Waals surface area contributed by atoms with Gasteiger partial charge >= 0.3 is 0 Å². The maximum absolute atomic E-state index is 12.7. The third kappa shape index (κ3) is 2.46. The molecule has 0 unspecified atom stereocenters. The lowest BCUT2D eigenvalue weighted by atomic mass is 10.1. The van der Waals surface area contributed by atoms with E-state index in [2.05, 4.69) is 13.5 Å². The van der Waals surface area contributed by atoms with E-state index >= 15 is 0 Å². The SMILES string of the molecule is C=c1s/c(=C2\C(=O)Cc3ccc(Cl)cc32)c(=O)n1CCCC. The zero-order chi connectivity index (χ0) is 15.9. The predicted molar refractivity (Wildman–Crippen MR) is 90.9 cm³/mol. The van der Waals surface area contributed by atoms with Crippen LogP contribution in [0.15, 0.2) is 23.0 Å². The molecule has 0 bridgehead atoms. The Hall–Kier alpha value is -1.65. The van der Waals surface area contributed by atoms with E-state index < -0.39 is 0 Å². The van der Waals surface area contributed by atoms with Crippen LogP contribution in [0.4, 0.5) is 0 Å². The summed E-state index contributed by atoms with van der Waals surface area (Å²) in [5.41, 5.74) is 2.12. The number of unbranched alkanes of at least 4 members (excludes halogenated alkanes) is 1. The van der Waals surface area contributed by atoms with E-state index in [1.807, 2.05) is 6.07 Å². The molecule has 1 aromatic heterocycles. The van der Waals surface area contributed by atoms with Gasteiger partial charge in [-0.25, -0.2) is 0 Å². The summed E-state index contributed by atoms with van der Waals surface area (Å²) in [6.07, 6.45) is 2.26. The number of thiazole rings is 1. The van der Waals surface area contributed by atoms with E-state index in [-0.39, 0.29) is 11.3 Å². The number of carbonyl (C=O) groups excluding carboxylic acids is 1. The molecule has 0 atom stereocenters. The van der Waals surface area contributed by atoms with Crippen LogP contribution < -0.4 is 14.8 Å². The number of carbonyl (C=O) groups is 1. The molecule has 1 aliphatic carbocycles. The Balaban J connectivity index is 2.29. The molecule has 0 aliphatic heterocycles. The number of aromatic nitrogens is 1. The van der Waals surface area contributed by atoms with E-state index in [1.54, 1.807) is 16.7 Å². The van der Waals surface area contributed by atoms with Crippen molar-refractivity contribution >= 4 is 40.9 Å². The first-order valence-corrected chi connectivity index (χ1v) is 8.47. The highest BCUT2D eigenvalue weighted by Gasteiger charge is 2.27. The molecule has 3 nitrogen and oxygen atoms in total. The molecule has 0 saturated carbocycles. The summed E-state index contributed by atoms with van der Waals surface area (Å²) in [6, 6.07) is 5.41. The maximum atomic E-state index is 12.7. The van der Waals surface area contributed by atoms with E-state index in [0.717, 1.165) is 24.0 Å². The Morgan fingerprint density at radius 2 is 2.14 bits per heavy atom. The van der Waals surface area contributed by atoms with Crippen molar-refractivity contribution < 1.29 is 4.79 Å². The molecule has 0 radical (unpaired) electrons. The molecule has 0 N–H and O–H groups in total. The van der Waals surface area contributed by atoms with Crippen molar-refractivity contribution in [1.29, 1.82) is 0 Å². The Morgan fingerprint density at radius 1 is 1.36 bits per heavy atom. The van der Waals surface area contributed by atoms with Gasteiger partial charge in [0, 0.05) is 23.6 Å². The van der Waals surface area contributed by atoms with Crippen molar-refractivity contribution in [3.63, 3.8) is 0 Å². The highest BCUT2D eigenvalue weighted by Crippen LogP contribution is 2.29. The second-order valence-corrected chi connectivity index (χ2v) is 6.93. The largest absolute Gasteiger partial charge is 0.299 e. The summed E-state index contributed by atoms with van der Waals surface area (Å²) >= 11 is 7.35. The maximum Gasteiger partial charge on any atom is 0.269 e. The number of ketones is 1. The fourth-order valence-electron chi connectivity index (χ4n) is 2.75. The van der Waals surface area contributed by atoms with Crippen molar-refractivity contribution in [2.75, 3.05) is 0 Å². The lowest BCUT2D eigenvalue weighted by molar-refractivity contribution is -0.112. The third-order valence-corrected chi connectivity index (χ3v) is 5.17. The van der Waals surface area contributed by atoms with E-state index in [0.29, 0.717) is 32.8 Å². The highest BCUT2D eigenvalue weighted by molar-refractivity contribution is 7.07. The Bertz CT molecular complexity index is 923. The Labute approximate surface area is 137 Å². The fourth-order valence-corrected chi connectivity index (χ4v) is 3.96. The van der Waals surface area contributed by atoms with Crippen LogP contribution in [0.3, 0.4) is 0 Å². The van der Waals surface area contributed by atoms with Gasteiger partial charge in [0.2, 0.25) is 0 Å². The average Bonchev–Trinajstić information content (AvgIpc) is 2.93. The number of Topliss-reactive ketones (excluding diaryl/α,β-unsaturated/α-hetero) is 1. The summed E-state index contributed by atoms with van der Waals surface area (Å²) in [5, 5.41) is 0.573. The normalized spacial score (nSPS) is 16.2. The summed E-state index contributed by atoms with van der Waals surface area (Å²) in [5.74, 6) is -0.0155. The van der Waals surface area contributed by atoms with Gasteiger partial charge in [0.15, 0.2) is 5.78 Å². The van der Waals surface area contributed by atoms with Crippen LogP contribution in [0, 0.1) is 0 Å². The average molecular weight is 334 g/mol. The second-order valence-electron chi connectivity index (χ2n) is 5.41. The molecule has 2 aromatic rings. The van der Waals surface area contributed by atoms with Gasteiger partial charge < -0.3 is 0 Å². The highest BCUT2D eigenvalue weighted by atomic mass is 35.5. The Morgan fingerprint density at radius 3 is 2.86 bits per heavy atom. The van der Waals surface area contributed by atoms with Gasteiger partial charge in [-0.05, 0) is 29.7 Å². The Kier molecular flexibility index (Phi) is 4.06. The van der Waals surface area contributed by atoms with Gasteiger partial charge in [-0.2, -0.15) is 0 Å². The number of halogens is 1. The number of fused-ring (bicyclic) bond motifs is 1. The quantitative estimate of drug-likeness (QED) is 0.863. The van der Waals surface area contributed by atoms with Crippen LogP contribution in [0.5, 0.6) is 0 Å². The summed E-state index contributed by atoms with van der Waals surface area (Å²) in [7, 11) is 0. The number of hydrogen-bond acceptors (Lipinski definition) is 3. The molecule has 22 heavy (non-hydrogen) atoms. The van der Waals surface area contributed by atoms with Crippen molar-refractivity contribution in [2.24, 2.45) is 0 Å². The van der Waals surface area contributed by atoms with Crippen molar-refractivity contribution in [2.45, 2.75) is 32.7 Å². The predicted octanol–water partition coefficient (Wildman–Crippen LogP) is 2.10. The molecule has 1 aliphatic rings. The molecule has 1 heterocycles. The topological polar surface area (TPSA) is 39.1 Å². The molecule has 0 saturated heterocycles. The van der Waals surface area contributed by atoms with Gasteiger partial charge in [-0.15, -0.1) is 11.3 Å². The van der Waals surface area contributed by atoms with Crippen molar-refractivity contribution in [1.82, 2.24) is 4.57 Å². The van der Waals surface area contributed by atoms with Crippen LogP contribution in [0.2, 0.25) is 5.02 Å². The number of nitrogens with zero attached hydrogens (tertiary/aromatic N) is 1. The van der Waals surface area contributed by atoms with Gasteiger partial charge in [0.1, 0.15) is 4.53 Å². The molecule has 3 rings (SSSR count). The first kappa shape index (κ1) is 15.3. The van der Waals surface area contributed by atoms with Crippen molar-refractivity contribution in [3.8, 4) is 0 Å². The summed E-state index contributed by atoms with van der Waals surface area (Å²) in [6.45, 7) is 6.68. The third-order valence-electron chi connectivity index (χ3n) is 3.89. The smallest absolute Gasteiger partial charge is 0.269 e. The zero-order valence-corrected chi connectivity index (χ0v) is 13.9. The second kappa shape index (κ2) is 5.86. The van der Waals surface area contributed by atoms with Gasteiger partial charge in [0.05, 0.1) is 4.66 Å². The molecule has 5 heteroatoms. The molecular weight excluding hydrogens is 318 g/mol. The van der Waals surface area contributed by atoms with Crippen LogP contribution in [0.25, 0.3) is 12.2 Å². The molecule has 0 amide bonds. The number of benzene rings is 1. The minimum atomic E-state index is -0.111. The number of hydrogen-bond donors (Lipinski definition) is 0. The van der Waals surface area contributed by atoms with Crippen LogP contribution in [-0.4, -0.2) is 10.4 Å². The first-order valence-electron chi connectivity index (χ1n) is 7.27. The van der Waals surface area contributed by atoms with Crippen LogP contribution >= 0.6 is 22.9 Å². The lowest BCUT2D eigenvalue weighted by Gasteiger charge is -1.99. The van der Waals surface area contributed by atoms with Crippen LogP contribution in [0.1, 0.15) is 30.9 Å². The zero-order valence-electron chi connectivity index (χ0n) is 12.3. The molecule has 1 aromatic carbocycles. The number of rotatable bonds is 3. The lowest BCUT2D eigenvalue weighted by Crippen LogP contribution is -2.33. The van der Waals surface area contributed by atoms with E-state index in [1.165, 1.54) is 11.3 Å². The first-order chi connectivity index (χ1) is 10.5. The van der Waals surface area contributed by atoms with E-state index in [4.69, 9.17) is 11.6 Å². The minimum Gasteiger partial charge on any atom is -0.299 e. The van der Waals surface area contributed by atoms with Crippen LogP contribution in [-0.2, 0) is 17.8 Å². The molecule has 0 spiro atoms. The van der Waals surface area contributed by atoms with E-state index in [9.17, 15) is 9.59 Å². The van der Waals surface area contributed by atoms with Crippen molar-refractivity contribution in [3.05, 3.63) is 53.9 Å². The summed E-state index contributed by atoms with van der Waals surface area (Å²) in [4.78, 5) is 25.0. The van der Waals surface area contributed by atoms with Gasteiger partial charge in [-0.1, -0.05) is 37.6 Å². The fraction of sp³-hybridized carbons (Fsp3) is 0.294. The minimum absolute atomic E-state index is 0.0155. The summed E-state index contributed by atoms with van der Waals surface area (Å²) < 4.78 is 2.86. The van der Waals surface area contributed by atoms with Gasteiger partial charge in [-0.3, -0.25) is 14.2 Å². The molecular formula is C17H16ClNO2S.